The van der Waals surface area contributed by atoms with Crippen LogP contribution in [0.5, 0.6) is 0 Å². The summed E-state index contributed by atoms with van der Waals surface area (Å²) in [6.07, 6.45) is 1.93. The zero-order chi connectivity index (χ0) is 22.5. The molecule has 0 saturated heterocycles. The van der Waals surface area contributed by atoms with Crippen LogP contribution in [0.25, 0.3) is 0 Å². The van der Waals surface area contributed by atoms with Gasteiger partial charge in [0.15, 0.2) is 0 Å². The van der Waals surface area contributed by atoms with Crippen molar-refractivity contribution in [2.24, 2.45) is 5.92 Å². The fraction of sp³-hybridized carbons (Fsp3) is 0.762. The summed E-state index contributed by atoms with van der Waals surface area (Å²) in [6, 6.07) is 0. The molecule has 0 saturated carbocycles. The van der Waals surface area contributed by atoms with Crippen LogP contribution in [-0.2, 0) is 28.6 Å². The molecule has 0 fully saturated rings. The van der Waals surface area contributed by atoms with Gasteiger partial charge in [0.05, 0.1) is 39.6 Å². The molecule has 29 heavy (non-hydrogen) atoms. The number of allylic oxidation sites excluding steroid dienone is 1. The first-order chi connectivity index (χ1) is 13.9. The topological polar surface area (TPSA) is 103 Å². The lowest BCUT2D eigenvalue weighted by Gasteiger charge is -2.09. The van der Waals surface area contributed by atoms with Crippen molar-refractivity contribution in [2.45, 2.75) is 48.0 Å². The number of rotatable bonds is 18. The highest BCUT2D eigenvalue weighted by molar-refractivity contribution is 6.42. The van der Waals surface area contributed by atoms with Crippen molar-refractivity contribution in [1.82, 2.24) is 10.6 Å². The zero-order valence-electron chi connectivity index (χ0n) is 19.0. The molecule has 0 heterocycles. The number of hydrogen-bond donors (Lipinski definition) is 2. The third kappa shape index (κ3) is 18.0. The fourth-order valence-electron chi connectivity index (χ4n) is 1.89. The summed E-state index contributed by atoms with van der Waals surface area (Å²) in [5.41, 5.74) is 0.253. The van der Waals surface area contributed by atoms with Crippen molar-refractivity contribution in [2.75, 3.05) is 52.7 Å². The molecule has 170 valence electrons. The largest absolute Gasteiger partial charge is 0.387 e. The van der Waals surface area contributed by atoms with Crippen molar-refractivity contribution < 1.29 is 28.6 Å². The Morgan fingerprint density at radius 2 is 1.41 bits per heavy atom. The van der Waals surface area contributed by atoms with Gasteiger partial charge in [-0.15, -0.1) is 0 Å². The van der Waals surface area contributed by atoms with E-state index in [0.29, 0.717) is 59.2 Å². The third-order valence-electron chi connectivity index (χ3n) is 3.45. The first-order valence-electron chi connectivity index (χ1n) is 10.4. The number of likely N-dealkylation sites (N-methyl/N-ethyl adjacent to an activating group) is 1. The maximum absolute atomic E-state index is 11.6. The normalized spacial score (nSPS) is 10.9. The minimum absolute atomic E-state index is 0.0519. The highest BCUT2D eigenvalue weighted by atomic mass is 16.5. The quantitative estimate of drug-likeness (QED) is 0.198. The second kappa shape index (κ2) is 21.0. The molecule has 0 rings (SSSR count). The van der Waals surface area contributed by atoms with E-state index >= 15 is 0 Å². The van der Waals surface area contributed by atoms with E-state index in [1.54, 1.807) is 0 Å². The molecule has 0 atom stereocenters. The first-order valence-corrected chi connectivity index (χ1v) is 10.4. The van der Waals surface area contributed by atoms with Crippen LogP contribution in [-0.4, -0.2) is 70.1 Å². The molecule has 0 unspecified atom stereocenters. The summed E-state index contributed by atoms with van der Waals surface area (Å²) in [5, 5.41) is 5.79. The maximum atomic E-state index is 11.6. The van der Waals surface area contributed by atoms with E-state index < -0.39 is 11.6 Å². The van der Waals surface area contributed by atoms with Crippen LogP contribution in [0.1, 0.15) is 48.0 Å². The second-order valence-corrected chi connectivity index (χ2v) is 6.14. The van der Waals surface area contributed by atoms with Gasteiger partial charge in [-0.3, -0.25) is 14.4 Å². The van der Waals surface area contributed by atoms with Crippen molar-refractivity contribution in [1.29, 1.82) is 0 Å². The molecule has 0 aromatic rings. The molecule has 0 radical (unpaired) electrons. The highest BCUT2D eigenvalue weighted by Gasteiger charge is 2.13. The number of ether oxygens (including phenoxy) is 3. The molecule has 0 bridgehead atoms. The lowest BCUT2D eigenvalue weighted by atomic mass is 10.1. The monoisotopic (exact) mass is 416 g/mol. The molecule has 2 N–H and O–H groups in total. The molecule has 8 nitrogen and oxygen atoms in total. The maximum Gasteiger partial charge on any atom is 0.245 e. The van der Waals surface area contributed by atoms with Crippen molar-refractivity contribution >= 4 is 17.3 Å². The summed E-state index contributed by atoms with van der Waals surface area (Å²) in [6.45, 7) is 14.6. The number of nitrogens with one attached hydrogen (secondary N) is 2. The molecule has 0 aliphatic heterocycles. The van der Waals surface area contributed by atoms with Gasteiger partial charge in [-0.1, -0.05) is 27.7 Å². The van der Waals surface area contributed by atoms with Crippen LogP contribution < -0.4 is 10.6 Å². The summed E-state index contributed by atoms with van der Waals surface area (Å²) < 4.78 is 16.1. The molecule has 0 aromatic carbocycles. The van der Waals surface area contributed by atoms with E-state index in [-0.39, 0.29) is 17.4 Å². The Morgan fingerprint density at radius 3 is 1.90 bits per heavy atom. The van der Waals surface area contributed by atoms with Gasteiger partial charge in [0.25, 0.3) is 0 Å². The van der Waals surface area contributed by atoms with Gasteiger partial charge in [-0.25, -0.2) is 0 Å². The van der Waals surface area contributed by atoms with Gasteiger partial charge in [-0.05, 0) is 6.92 Å². The standard InChI is InChI=1S/C19H34N2O6.C2H6/c1-5-21-17(19(24)16(4)22)14-20-7-9-26-11-13-27-12-10-25-8-6-18(23)15(2)3;1-2/h14-15,20-21H,5-13H2,1-4H3;1-2H3/b17-14-;. The van der Waals surface area contributed by atoms with Gasteiger partial charge in [-0.2, -0.15) is 0 Å². The Bertz CT molecular complexity index is 478. The molecule has 0 aliphatic carbocycles. The zero-order valence-corrected chi connectivity index (χ0v) is 19.0. The molecule has 0 aliphatic rings. The van der Waals surface area contributed by atoms with Crippen LogP contribution in [0.3, 0.4) is 0 Å². The lowest BCUT2D eigenvalue weighted by Crippen LogP contribution is -2.27. The lowest BCUT2D eigenvalue weighted by molar-refractivity contribution is -0.133. The predicted octanol–water partition coefficient (Wildman–Crippen LogP) is 1.88. The summed E-state index contributed by atoms with van der Waals surface area (Å²) >= 11 is 0. The molecule has 0 aromatic heterocycles. The number of Topliss-reactive ketones (excluding diaryl/α,β-unsaturated/α-hetero) is 3. The first kappa shape index (κ1) is 29.4. The number of hydrogen-bond acceptors (Lipinski definition) is 8. The molecule has 0 amide bonds. The van der Waals surface area contributed by atoms with Crippen LogP contribution in [0.2, 0.25) is 0 Å². The van der Waals surface area contributed by atoms with Gasteiger partial charge < -0.3 is 24.8 Å². The SMILES string of the molecule is CC.CCN/C(=C\NCCOCCOCCOCCC(=O)C(C)C)C(=O)C(C)=O. The van der Waals surface area contributed by atoms with Gasteiger partial charge in [0.2, 0.25) is 11.6 Å². The highest BCUT2D eigenvalue weighted by Crippen LogP contribution is 1.98. The van der Waals surface area contributed by atoms with E-state index in [9.17, 15) is 14.4 Å². The summed E-state index contributed by atoms with van der Waals surface area (Å²) in [7, 11) is 0. The molecule has 8 heteroatoms. The van der Waals surface area contributed by atoms with E-state index in [1.807, 2.05) is 34.6 Å². The van der Waals surface area contributed by atoms with Gasteiger partial charge >= 0.3 is 0 Å². The van der Waals surface area contributed by atoms with Crippen molar-refractivity contribution in [3.8, 4) is 0 Å². The smallest absolute Gasteiger partial charge is 0.245 e. The Hall–Kier alpha value is -1.77. The third-order valence-corrected chi connectivity index (χ3v) is 3.45. The number of carbonyl (C=O) groups is 3. The van der Waals surface area contributed by atoms with Gasteiger partial charge in [0, 0.05) is 38.6 Å². The Labute approximate surface area is 175 Å². The average molecular weight is 417 g/mol. The Morgan fingerprint density at radius 1 is 0.897 bits per heavy atom. The van der Waals surface area contributed by atoms with Crippen molar-refractivity contribution in [3.05, 3.63) is 11.9 Å². The van der Waals surface area contributed by atoms with Gasteiger partial charge in [0.1, 0.15) is 11.5 Å². The fourth-order valence-corrected chi connectivity index (χ4v) is 1.89. The summed E-state index contributed by atoms with van der Waals surface area (Å²) in [5.74, 6) is -0.797. The van der Waals surface area contributed by atoms with Crippen LogP contribution in [0, 0.1) is 5.92 Å². The molecule has 0 spiro atoms. The predicted molar refractivity (Wildman–Crippen MR) is 114 cm³/mol. The minimum atomic E-state index is -0.547. The summed E-state index contributed by atoms with van der Waals surface area (Å²) in [4.78, 5) is 34.1. The van der Waals surface area contributed by atoms with Crippen LogP contribution in [0.4, 0.5) is 0 Å². The van der Waals surface area contributed by atoms with E-state index in [1.165, 1.54) is 13.1 Å². The number of carbonyl (C=O) groups excluding carboxylic acids is 3. The van der Waals surface area contributed by atoms with Crippen LogP contribution in [0.15, 0.2) is 11.9 Å². The average Bonchev–Trinajstić information content (AvgIpc) is 2.71. The second-order valence-electron chi connectivity index (χ2n) is 6.14. The Balaban J connectivity index is 0. The van der Waals surface area contributed by atoms with E-state index in [4.69, 9.17) is 14.2 Å². The Kier molecular flexibility index (Phi) is 21.3. The van der Waals surface area contributed by atoms with Crippen LogP contribution >= 0.6 is 0 Å². The molecular formula is C21H40N2O6. The molecular weight excluding hydrogens is 376 g/mol. The number of ketones is 3. The minimum Gasteiger partial charge on any atom is -0.387 e. The van der Waals surface area contributed by atoms with E-state index in [2.05, 4.69) is 10.6 Å². The van der Waals surface area contributed by atoms with Crippen molar-refractivity contribution in [3.63, 3.8) is 0 Å². The van der Waals surface area contributed by atoms with E-state index in [0.717, 1.165) is 0 Å².